The summed E-state index contributed by atoms with van der Waals surface area (Å²) in [5.74, 6) is 0.0579. The molecule has 8 nitrogen and oxygen atoms in total. The van der Waals surface area contributed by atoms with E-state index < -0.39 is 11.6 Å². The van der Waals surface area contributed by atoms with Gasteiger partial charge in [0.05, 0.1) is 22.3 Å². The number of amides is 1. The number of aromatic nitrogens is 3. The molecule has 8 heteroatoms. The Morgan fingerprint density at radius 3 is 2.49 bits per heavy atom. The Balaban J connectivity index is 1.38. The predicted molar refractivity (Wildman–Crippen MR) is 150 cm³/mol. The number of piperidine rings is 1. The summed E-state index contributed by atoms with van der Waals surface area (Å²) in [6, 6.07) is 12.3. The van der Waals surface area contributed by atoms with E-state index in [9.17, 15) is 14.7 Å². The zero-order chi connectivity index (χ0) is 27.5. The minimum atomic E-state index is -0.961. The summed E-state index contributed by atoms with van der Waals surface area (Å²) in [6.45, 7) is 10.1. The average molecular weight is 529 g/mol. The molecule has 0 spiro atoms. The molecule has 1 amide bonds. The molecule has 1 N–H and O–H groups in total. The molecule has 6 rings (SSSR count). The molecule has 4 heterocycles. The van der Waals surface area contributed by atoms with Gasteiger partial charge in [0.2, 0.25) is 0 Å². The standard InChI is InChI=1S/C31H36N4O4/c1-19-25-11-10-23(29(36)37)18-35(25)32-27(19)26-16-22-6-5-7-24(28(22)34(26)17-20-8-9-20)21-12-14-33(15-13-21)30(38)39-31(2,3)4/h5-7,10-11,16,18,20-21H,8-9,12-15,17H2,1-4H3,(H,36,37). The fourth-order valence-electron chi connectivity index (χ4n) is 5.87. The number of hydrogen-bond acceptors (Lipinski definition) is 4. The van der Waals surface area contributed by atoms with E-state index in [0.717, 1.165) is 41.9 Å². The van der Waals surface area contributed by atoms with E-state index in [4.69, 9.17) is 9.84 Å². The largest absolute Gasteiger partial charge is 0.478 e. The molecule has 0 atom stereocenters. The smallest absolute Gasteiger partial charge is 0.410 e. The molecule has 1 aliphatic heterocycles. The van der Waals surface area contributed by atoms with Gasteiger partial charge in [-0.2, -0.15) is 5.10 Å². The van der Waals surface area contributed by atoms with Crippen molar-refractivity contribution in [3.63, 3.8) is 0 Å². The van der Waals surface area contributed by atoms with E-state index in [2.05, 4.69) is 35.8 Å². The van der Waals surface area contributed by atoms with Crippen molar-refractivity contribution in [1.82, 2.24) is 19.1 Å². The second kappa shape index (κ2) is 9.43. The zero-order valence-electron chi connectivity index (χ0n) is 23.1. The molecule has 204 valence electrons. The number of pyridine rings is 1. The maximum Gasteiger partial charge on any atom is 0.410 e. The van der Waals surface area contributed by atoms with Crippen LogP contribution in [0.3, 0.4) is 0 Å². The maximum absolute atomic E-state index is 12.6. The first-order chi connectivity index (χ1) is 18.6. The summed E-state index contributed by atoms with van der Waals surface area (Å²) in [5, 5.41) is 15.5. The first-order valence-electron chi connectivity index (χ1n) is 13.9. The van der Waals surface area contributed by atoms with Crippen molar-refractivity contribution < 1.29 is 19.4 Å². The zero-order valence-corrected chi connectivity index (χ0v) is 23.1. The summed E-state index contributed by atoms with van der Waals surface area (Å²) in [7, 11) is 0. The Labute approximate surface area is 228 Å². The number of carboxylic acid groups (broad SMARTS) is 1. The van der Waals surface area contributed by atoms with Gasteiger partial charge in [0.15, 0.2) is 0 Å². The number of ether oxygens (including phenoxy) is 1. The summed E-state index contributed by atoms with van der Waals surface area (Å²) in [6.07, 6.45) is 5.63. The summed E-state index contributed by atoms with van der Waals surface area (Å²) in [4.78, 5) is 26.0. The average Bonchev–Trinajstić information content (AvgIpc) is 3.56. The van der Waals surface area contributed by atoms with Gasteiger partial charge < -0.3 is 19.3 Å². The van der Waals surface area contributed by atoms with Gasteiger partial charge in [-0.1, -0.05) is 18.2 Å². The number of para-hydroxylation sites is 1. The Morgan fingerprint density at radius 2 is 1.82 bits per heavy atom. The number of hydrogen-bond donors (Lipinski definition) is 1. The molecule has 0 radical (unpaired) electrons. The fourth-order valence-corrected chi connectivity index (χ4v) is 5.87. The molecule has 1 aliphatic carbocycles. The van der Waals surface area contributed by atoms with Crippen molar-refractivity contribution in [2.75, 3.05) is 13.1 Å². The quantitative estimate of drug-likeness (QED) is 0.320. The molecule has 39 heavy (non-hydrogen) atoms. The number of aromatic carboxylic acids is 1. The van der Waals surface area contributed by atoms with Gasteiger partial charge in [-0.15, -0.1) is 0 Å². The van der Waals surface area contributed by atoms with E-state index in [1.54, 1.807) is 16.8 Å². The monoisotopic (exact) mass is 528 g/mol. The summed E-state index contributed by atoms with van der Waals surface area (Å²) < 4.78 is 9.76. The van der Waals surface area contributed by atoms with E-state index in [1.165, 1.54) is 29.3 Å². The third-order valence-corrected chi connectivity index (χ3v) is 8.04. The number of likely N-dealkylation sites (tertiary alicyclic amines) is 1. The van der Waals surface area contributed by atoms with Gasteiger partial charge in [0.1, 0.15) is 11.3 Å². The number of fused-ring (bicyclic) bond motifs is 2. The molecule has 1 saturated carbocycles. The van der Waals surface area contributed by atoms with E-state index >= 15 is 0 Å². The highest BCUT2D eigenvalue weighted by molar-refractivity contribution is 5.91. The third kappa shape index (κ3) is 4.88. The molecule has 2 fully saturated rings. The lowest BCUT2D eigenvalue weighted by atomic mass is 9.88. The lowest BCUT2D eigenvalue weighted by Crippen LogP contribution is -2.41. The van der Waals surface area contributed by atoms with Crippen LogP contribution >= 0.6 is 0 Å². The number of aryl methyl sites for hydroxylation is 1. The van der Waals surface area contributed by atoms with Crippen molar-refractivity contribution >= 4 is 28.5 Å². The maximum atomic E-state index is 12.6. The number of nitrogens with zero attached hydrogens (tertiary/aromatic N) is 4. The van der Waals surface area contributed by atoms with E-state index in [1.807, 2.05) is 31.7 Å². The van der Waals surface area contributed by atoms with Gasteiger partial charge >= 0.3 is 12.1 Å². The van der Waals surface area contributed by atoms with Crippen LogP contribution in [-0.2, 0) is 11.3 Å². The fraction of sp³-hybridized carbons (Fsp3) is 0.452. The van der Waals surface area contributed by atoms with Crippen molar-refractivity contribution in [3.8, 4) is 11.4 Å². The van der Waals surface area contributed by atoms with Gasteiger partial charge in [0, 0.05) is 36.8 Å². The lowest BCUT2D eigenvalue weighted by Gasteiger charge is -2.34. The molecule has 0 bridgehead atoms. The van der Waals surface area contributed by atoms with Crippen molar-refractivity contribution in [1.29, 1.82) is 0 Å². The minimum Gasteiger partial charge on any atom is -0.478 e. The Hall–Kier alpha value is -3.81. The van der Waals surface area contributed by atoms with Gasteiger partial charge in [-0.25, -0.2) is 14.1 Å². The molecule has 3 aromatic heterocycles. The molecule has 2 aliphatic rings. The second-order valence-electron chi connectivity index (χ2n) is 12.1. The number of rotatable bonds is 5. The molecular formula is C31H36N4O4. The van der Waals surface area contributed by atoms with Crippen LogP contribution in [0.2, 0.25) is 0 Å². The second-order valence-corrected chi connectivity index (χ2v) is 12.1. The predicted octanol–water partition coefficient (Wildman–Crippen LogP) is 6.49. The van der Waals surface area contributed by atoms with Crippen LogP contribution in [0.4, 0.5) is 4.79 Å². The number of carbonyl (C=O) groups excluding carboxylic acids is 1. The van der Waals surface area contributed by atoms with Crippen LogP contribution in [0.5, 0.6) is 0 Å². The summed E-state index contributed by atoms with van der Waals surface area (Å²) >= 11 is 0. The first-order valence-corrected chi connectivity index (χ1v) is 13.9. The SMILES string of the molecule is Cc1c(-c2cc3cccc(C4CCN(C(=O)OC(C)(C)C)CC4)c3n2CC2CC2)nn2cc(C(=O)O)ccc12. The number of carbonyl (C=O) groups is 2. The topological polar surface area (TPSA) is 89.1 Å². The van der Waals surface area contributed by atoms with Crippen LogP contribution in [0.15, 0.2) is 42.6 Å². The molecule has 0 unspecified atom stereocenters. The van der Waals surface area contributed by atoms with Gasteiger partial charge in [-0.05, 0) is 89.0 Å². The van der Waals surface area contributed by atoms with Gasteiger partial charge in [-0.3, -0.25) is 0 Å². The Bertz CT molecular complexity index is 1580. The van der Waals surface area contributed by atoms with Crippen LogP contribution in [0, 0.1) is 12.8 Å². The van der Waals surface area contributed by atoms with Crippen LogP contribution in [-0.4, -0.2) is 54.9 Å². The van der Waals surface area contributed by atoms with Crippen LogP contribution in [0.25, 0.3) is 27.8 Å². The molecule has 1 aromatic carbocycles. The van der Waals surface area contributed by atoms with Crippen molar-refractivity contribution in [3.05, 3.63) is 59.3 Å². The van der Waals surface area contributed by atoms with Crippen LogP contribution < -0.4 is 0 Å². The summed E-state index contributed by atoms with van der Waals surface area (Å²) in [5.41, 5.74) is 6.23. The molecular weight excluding hydrogens is 492 g/mol. The van der Waals surface area contributed by atoms with Crippen molar-refractivity contribution in [2.24, 2.45) is 5.92 Å². The molecule has 1 saturated heterocycles. The van der Waals surface area contributed by atoms with E-state index in [-0.39, 0.29) is 11.7 Å². The normalized spacial score (nSPS) is 16.8. The highest BCUT2D eigenvalue weighted by Crippen LogP contribution is 2.41. The van der Waals surface area contributed by atoms with Crippen molar-refractivity contribution in [2.45, 2.75) is 71.4 Å². The Kier molecular flexibility index (Phi) is 6.16. The Morgan fingerprint density at radius 1 is 1.08 bits per heavy atom. The number of carboxylic acids is 1. The third-order valence-electron chi connectivity index (χ3n) is 8.04. The molecule has 4 aromatic rings. The van der Waals surface area contributed by atoms with Crippen LogP contribution in [0.1, 0.15) is 73.9 Å². The highest BCUT2D eigenvalue weighted by atomic mass is 16.6. The highest BCUT2D eigenvalue weighted by Gasteiger charge is 2.31. The number of benzene rings is 1. The lowest BCUT2D eigenvalue weighted by molar-refractivity contribution is 0.0205. The van der Waals surface area contributed by atoms with Gasteiger partial charge in [0.25, 0.3) is 0 Å². The minimum absolute atomic E-state index is 0.218. The van der Waals surface area contributed by atoms with E-state index in [0.29, 0.717) is 24.9 Å². The first kappa shape index (κ1) is 25.5.